The number of hydrogen-bond acceptors (Lipinski definition) is 4. The van der Waals surface area contributed by atoms with Crippen molar-refractivity contribution in [2.45, 2.75) is 18.9 Å². The molecule has 0 spiro atoms. The van der Waals surface area contributed by atoms with Gasteiger partial charge in [-0.1, -0.05) is 21.9 Å². The van der Waals surface area contributed by atoms with Crippen LogP contribution in [0.5, 0.6) is 5.75 Å². The molecular weight excluding hydrogens is 393 g/mol. The normalized spacial score (nSPS) is 19.6. The number of alkyl halides is 3. The molecule has 0 saturated carbocycles. The highest BCUT2D eigenvalue weighted by Crippen LogP contribution is 2.46. The molecule has 0 amide bonds. The number of carbonyl (C=O) groups excluding carboxylic acids is 1. The molecule has 0 aromatic heterocycles. The first kappa shape index (κ1) is 18.4. The third-order valence-electron chi connectivity index (χ3n) is 3.11. The first-order valence-corrected chi connectivity index (χ1v) is 7.56. The first-order chi connectivity index (χ1) is 11.2. The van der Waals surface area contributed by atoms with Crippen LogP contribution in [0, 0.1) is 12.3 Å². The van der Waals surface area contributed by atoms with Crippen LogP contribution in [0.2, 0.25) is 0 Å². The number of esters is 1. The van der Waals surface area contributed by atoms with E-state index in [4.69, 9.17) is 20.6 Å². The molecule has 4 nitrogen and oxygen atoms in total. The van der Waals surface area contributed by atoms with Crippen molar-refractivity contribution >= 4 is 28.0 Å². The third kappa shape index (κ3) is 3.28. The van der Waals surface area contributed by atoms with E-state index in [2.05, 4.69) is 15.9 Å². The lowest BCUT2D eigenvalue weighted by atomic mass is 9.97. The molecule has 1 aromatic carbocycles. The Kier molecular flexibility index (Phi) is 5.26. The number of hydrogen-bond donors (Lipinski definition) is 0. The second-order valence-electron chi connectivity index (χ2n) is 4.67. The van der Waals surface area contributed by atoms with Crippen LogP contribution in [-0.4, -0.2) is 31.1 Å². The van der Waals surface area contributed by atoms with Crippen molar-refractivity contribution < 1.29 is 32.2 Å². The number of rotatable bonds is 4. The van der Waals surface area contributed by atoms with Crippen molar-refractivity contribution in [2.24, 2.45) is 0 Å². The maximum Gasteiger partial charge on any atom is 0.460 e. The number of benzene rings is 1. The van der Waals surface area contributed by atoms with Crippen LogP contribution in [0.4, 0.5) is 13.2 Å². The minimum Gasteiger partial charge on any atom is -0.462 e. The minimum absolute atomic E-state index is 0.0967. The molecule has 2 rings (SSSR count). The SMILES string of the molecule is C#CCO[C@]1(C(F)(F)F)Oc2ccc(Br)cc2C=C1C(=O)OCC. The zero-order valence-corrected chi connectivity index (χ0v) is 14.0. The van der Waals surface area contributed by atoms with Crippen LogP contribution in [0.3, 0.4) is 0 Å². The number of ether oxygens (including phenoxy) is 3. The lowest BCUT2D eigenvalue weighted by Crippen LogP contribution is -2.57. The van der Waals surface area contributed by atoms with Gasteiger partial charge in [0.1, 0.15) is 17.9 Å². The number of carbonyl (C=O) groups is 1. The van der Waals surface area contributed by atoms with Crippen molar-refractivity contribution in [2.75, 3.05) is 13.2 Å². The van der Waals surface area contributed by atoms with Gasteiger partial charge < -0.3 is 14.2 Å². The van der Waals surface area contributed by atoms with E-state index in [0.717, 1.165) is 6.08 Å². The Labute approximate surface area is 144 Å². The molecule has 0 radical (unpaired) electrons. The lowest BCUT2D eigenvalue weighted by Gasteiger charge is -2.38. The molecule has 1 aliphatic rings. The van der Waals surface area contributed by atoms with Crippen LogP contribution in [0.15, 0.2) is 28.2 Å². The van der Waals surface area contributed by atoms with Gasteiger partial charge in [0.15, 0.2) is 0 Å². The van der Waals surface area contributed by atoms with Crippen molar-refractivity contribution in [3.8, 4) is 18.1 Å². The van der Waals surface area contributed by atoms with Crippen LogP contribution in [0.1, 0.15) is 12.5 Å². The van der Waals surface area contributed by atoms with Gasteiger partial charge in [-0.3, -0.25) is 0 Å². The van der Waals surface area contributed by atoms with Crippen molar-refractivity contribution in [3.63, 3.8) is 0 Å². The Balaban J connectivity index is 2.66. The van der Waals surface area contributed by atoms with E-state index in [1.54, 1.807) is 0 Å². The molecule has 1 aromatic rings. The molecule has 1 atom stereocenters. The average Bonchev–Trinajstić information content (AvgIpc) is 2.51. The van der Waals surface area contributed by atoms with Gasteiger partial charge in [-0.15, -0.1) is 6.42 Å². The standard InChI is InChI=1S/C16H12BrF3O4/c1-3-7-23-15(16(18,19)20)12(14(21)22-4-2)9-10-8-11(17)5-6-13(10)24-15/h1,5-6,8-9H,4,7H2,2H3/t15-/m0/s1. The summed E-state index contributed by atoms with van der Waals surface area (Å²) in [5.74, 6) is -2.67. The largest absolute Gasteiger partial charge is 0.462 e. The molecule has 1 heterocycles. The molecule has 0 bridgehead atoms. The van der Waals surface area contributed by atoms with Gasteiger partial charge >= 0.3 is 17.9 Å². The third-order valence-corrected chi connectivity index (χ3v) is 3.60. The number of fused-ring (bicyclic) bond motifs is 1. The Bertz CT molecular complexity index is 721. The predicted molar refractivity (Wildman–Crippen MR) is 83.0 cm³/mol. The maximum atomic E-state index is 13.8. The molecule has 1 aliphatic heterocycles. The summed E-state index contributed by atoms with van der Waals surface area (Å²) in [6.45, 7) is 0.664. The number of terminal acetylenes is 1. The number of halogens is 4. The van der Waals surface area contributed by atoms with E-state index >= 15 is 0 Å². The van der Waals surface area contributed by atoms with Gasteiger partial charge in [-0.25, -0.2) is 4.79 Å². The Hall–Kier alpha value is -1.98. The molecule has 0 unspecified atom stereocenters. The summed E-state index contributed by atoms with van der Waals surface area (Å²) in [6, 6.07) is 4.35. The van der Waals surface area contributed by atoms with Gasteiger partial charge in [0, 0.05) is 10.0 Å². The summed E-state index contributed by atoms with van der Waals surface area (Å²) >= 11 is 3.21. The van der Waals surface area contributed by atoms with E-state index in [9.17, 15) is 18.0 Å². The van der Waals surface area contributed by atoms with Crippen LogP contribution >= 0.6 is 15.9 Å². The van der Waals surface area contributed by atoms with Crippen molar-refractivity contribution in [1.29, 1.82) is 0 Å². The Morgan fingerprint density at radius 2 is 2.17 bits per heavy atom. The van der Waals surface area contributed by atoms with E-state index in [1.165, 1.54) is 25.1 Å². The zero-order valence-electron chi connectivity index (χ0n) is 12.4. The highest BCUT2D eigenvalue weighted by Gasteiger charge is 2.65. The predicted octanol–water partition coefficient (Wildman–Crippen LogP) is 3.70. The summed E-state index contributed by atoms with van der Waals surface area (Å²) in [5.41, 5.74) is -0.547. The zero-order chi connectivity index (χ0) is 18.0. The molecule has 8 heteroatoms. The molecule has 0 aliphatic carbocycles. The van der Waals surface area contributed by atoms with Gasteiger partial charge in [-0.2, -0.15) is 13.2 Å². The molecule has 24 heavy (non-hydrogen) atoms. The van der Waals surface area contributed by atoms with Crippen molar-refractivity contribution in [1.82, 2.24) is 0 Å². The second-order valence-corrected chi connectivity index (χ2v) is 5.59. The Morgan fingerprint density at radius 3 is 2.75 bits per heavy atom. The first-order valence-electron chi connectivity index (χ1n) is 6.77. The highest BCUT2D eigenvalue weighted by atomic mass is 79.9. The molecule has 128 valence electrons. The summed E-state index contributed by atoms with van der Waals surface area (Å²) in [5, 5.41) is 0. The van der Waals surface area contributed by atoms with Gasteiger partial charge in [-0.05, 0) is 31.2 Å². The molecule has 0 saturated heterocycles. The quantitative estimate of drug-likeness (QED) is 0.566. The fraction of sp³-hybridized carbons (Fsp3) is 0.312. The molecule has 0 N–H and O–H groups in total. The molecule has 0 fully saturated rings. The lowest BCUT2D eigenvalue weighted by molar-refractivity contribution is -0.330. The fourth-order valence-corrected chi connectivity index (χ4v) is 2.51. The smallest absolute Gasteiger partial charge is 0.460 e. The summed E-state index contributed by atoms with van der Waals surface area (Å²) in [7, 11) is 0. The Morgan fingerprint density at radius 1 is 1.46 bits per heavy atom. The van der Waals surface area contributed by atoms with E-state index in [1.807, 2.05) is 5.92 Å². The fourth-order valence-electron chi connectivity index (χ4n) is 2.13. The van der Waals surface area contributed by atoms with Crippen molar-refractivity contribution in [3.05, 3.63) is 33.8 Å². The minimum atomic E-state index is -5.06. The van der Waals surface area contributed by atoms with E-state index < -0.39 is 30.1 Å². The summed E-state index contributed by atoms with van der Waals surface area (Å²) < 4.78 is 56.5. The van der Waals surface area contributed by atoms with Crippen LogP contribution in [0.25, 0.3) is 6.08 Å². The second kappa shape index (κ2) is 6.87. The summed E-state index contributed by atoms with van der Waals surface area (Å²) in [4.78, 5) is 12.1. The van der Waals surface area contributed by atoms with E-state index in [0.29, 0.717) is 4.47 Å². The van der Waals surface area contributed by atoms with Gasteiger partial charge in [0.25, 0.3) is 0 Å². The maximum absolute atomic E-state index is 13.8. The summed E-state index contributed by atoms with van der Waals surface area (Å²) in [6.07, 6.45) is 0.974. The molecular formula is C16H12BrF3O4. The van der Waals surface area contributed by atoms with Gasteiger partial charge in [0.05, 0.1) is 6.61 Å². The highest BCUT2D eigenvalue weighted by molar-refractivity contribution is 9.10. The van der Waals surface area contributed by atoms with Crippen LogP contribution in [-0.2, 0) is 14.3 Å². The van der Waals surface area contributed by atoms with Crippen LogP contribution < -0.4 is 4.74 Å². The monoisotopic (exact) mass is 404 g/mol. The topological polar surface area (TPSA) is 44.8 Å². The van der Waals surface area contributed by atoms with Gasteiger partial charge in [0.2, 0.25) is 0 Å². The average molecular weight is 405 g/mol. The van der Waals surface area contributed by atoms with E-state index in [-0.39, 0.29) is 17.9 Å².